The minimum Gasteiger partial charge on any atom is -0.327 e. The van der Waals surface area contributed by atoms with Gasteiger partial charge in [-0.15, -0.1) is 0 Å². The van der Waals surface area contributed by atoms with Crippen molar-refractivity contribution < 1.29 is 0 Å². The normalized spacial score (nSPS) is 11.4. The lowest BCUT2D eigenvalue weighted by Gasteiger charge is -1.89. The van der Waals surface area contributed by atoms with E-state index in [9.17, 15) is 0 Å². The lowest BCUT2D eigenvalue weighted by Crippen LogP contribution is -1.93. The first-order chi connectivity index (χ1) is 3.27. The Hall–Kier alpha value is -0.300. The lowest BCUT2D eigenvalue weighted by molar-refractivity contribution is 0.828. The molecule has 1 nitrogen and oxygen atoms in total. The fraction of sp³-hybridized carbons (Fsp3) is 0.667. The third kappa shape index (κ3) is 5.70. The molecule has 0 aliphatic rings. The van der Waals surface area contributed by atoms with E-state index >= 15 is 0 Å². The molecule has 0 atom stereocenters. The Morgan fingerprint density at radius 2 is 2.14 bits per heavy atom. The van der Waals surface area contributed by atoms with E-state index in [2.05, 4.69) is 19.9 Å². The SMILES string of the molecule is CC(C)/C=C/CN. The fourth-order valence-corrected chi connectivity index (χ4v) is 0.351. The molecule has 2 N–H and O–H groups in total. The molecule has 0 aromatic carbocycles. The topological polar surface area (TPSA) is 26.0 Å². The summed E-state index contributed by atoms with van der Waals surface area (Å²) in [5.74, 6) is 0.642. The highest BCUT2D eigenvalue weighted by Gasteiger charge is 1.78. The quantitative estimate of drug-likeness (QED) is 0.516. The molecule has 1 heteroatoms. The third-order valence-electron chi connectivity index (χ3n) is 0.657. The first-order valence-corrected chi connectivity index (χ1v) is 2.64. The van der Waals surface area contributed by atoms with Gasteiger partial charge in [0.15, 0.2) is 0 Å². The summed E-state index contributed by atoms with van der Waals surface area (Å²) in [4.78, 5) is 0. The summed E-state index contributed by atoms with van der Waals surface area (Å²) in [7, 11) is 0. The van der Waals surface area contributed by atoms with E-state index in [-0.39, 0.29) is 0 Å². The fourth-order valence-electron chi connectivity index (χ4n) is 0.351. The monoisotopic (exact) mass is 99.1 g/mol. The molecule has 0 aromatic heterocycles. The van der Waals surface area contributed by atoms with Crippen LogP contribution in [0.3, 0.4) is 0 Å². The summed E-state index contributed by atoms with van der Waals surface area (Å²) in [5.41, 5.74) is 5.19. The summed E-state index contributed by atoms with van der Waals surface area (Å²) in [6, 6.07) is 0. The second kappa shape index (κ2) is 3.88. The van der Waals surface area contributed by atoms with Gasteiger partial charge in [0.25, 0.3) is 0 Å². The van der Waals surface area contributed by atoms with Gasteiger partial charge in [0.05, 0.1) is 0 Å². The molecule has 0 rings (SSSR count). The summed E-state index contributed by atoms with van der Waals surface area (Å²) in [6.45, 7) is 4.93. The maximum atomic E-state index is 5.19. The van der Waals surface area contributed by atoms with E-state index in [0.29, 0.717) is 12.5 Å². The molecule has 0 saturated heterocycles. The first kappa shape index (κ1) is 6.70. The number of rotatable bonds is 2. The molecular formula is C6H13N. The highest BCUT2D eigenvalue weighted by atomic mass is 14.5. The molecule has 0 bridgehead atoms. The van der Waals surface area contributed by atoms with E-state index in [0.717, 1.165) is 0 Å². The van der Waals surface area contributed by atoms with E-state index in [1.54, 1.807) is 0 Å². The molecule has 0 amide bonds. The van der Waals surface area contributed by atoms with Crippen molar-refractivity contribution in [2.75, 3.05) is 6.54 Å². The van der Waals surface area contributed by atoms with Crippen LogP contribution in [0.1, 0.15) is 13.8 Å². The van der Waals surface area contributed by atoms with Crippen LogP contribution in [0.5, 0.6) is 0 Å². The highest BCUT2D eigenvalue weighted by molar-refractivity contribution is 4.84. The molecule has 0 fully saturated rings. The van der Waals surface area contributed by atoms with Gasteiger partial charge in [0.1, 0.15) is 0 Å². The van der Waals surface area contributed by atoms with Gasteiger partial charge in [0.2, 0.25) is 0 Å². The van der Waals surface area contributed by atoms with E-state index in [1.165, 1.54) is 0 Å². The second-order valence-electron chi connectivity index (χ2n) is 1.91. The van der Waals surface area contributed by atoms with Gasteiger partial charge in [0, 0.05) is 6.54 Å². The second-order valence-corrected chi connectivity index (χ2v) is 1.91. The van der Waals surface area contributed by atoms with Crippen LogP contribution in [-0.2, 0) is 0 Å². The standard InChI is InChI=1S/C6H13N/c1-6(2)4-3-5-7/h3-4,6H,5,7H2,1-2H3/b4-3+. The molecule has 0 aromatic rings. The lowest BCUT2D eigenvalue weighted by atomic mass is 10.2. The molecule has 0 saturated carbocycles. The van der Waals surface area contributed by atoms with Crippen molar-refractivity contribution in [3.63, 3.8) is 0 Å². The summed E-state index contributed by atoms with van der Waals surface area (Å²) >= 11 is 0. The van der Waals surface area contributed by atoms with Gasteiger partial charge in [-0.25, -0.2) is 0 Å². The van der Waals surface area contributed by atoms with Crippen molar-refractivity contribution in [2.24, 2.45) is 11.7 Å². The zero-order valence-electron chi connectivity index (χ0n) is 5.02. The summed E-state index contributed by atoms with van der Waals surface area (Å²) in [6.07, 6.45) is 4.07. The van der Waals surface area contributed by atoms with Gasteiger partial charge < -0.3 is 5.73 Å². The van der Waals surface area contributed by atoms with Crippen molar-refractivity contribution in [2.45, 2.75) is 13.8 Å². The van der Waals surface area contributed by atoms with Gasteiger partial charge >= 0.3 is 0 Å². The third-order valence-corrected chi connectivity index (χ3v) is 0.657. The number of hydrogen-bond donors (Lipinski definition) is 1. The molecule has 7 heavy (non-hydrogen) atoms. The Bertz CT molecular complexity index is 55.2. The highest BCUT2D eigenvalue weighted by Crippen LogP contribution is 1.90. The maximum Gasteiger partial charge on any atom is 0.0106 e. The average molecular weight is 99.2 g/mol. The van der Waals surface area contributed by atoms with Crippen LogP contribution >= 0.6 is 0 Å². The smallest absolute Gasteiger partial charge is 0.0106 e. The zero-order chi connectivity index (χ0) is 5.70. The Balaban J connectivity index is 3.08. The minimum absolute atomic E-state index is 0.642. The molecule has 0 radical (unpaired) electrons. The van der Waals surface area contributed by atoms with Crippen LogP contribution in [0.2, 0.25) is 0 Å². The molecule has 0 heterocycles. The summed E-state index contributed by atoms with van der Waals surface area (Å²) in [5, 5.41) is 0. The number of nitrogens with two attached hydrogens (primary N) is 1. The molecule has 0 aliphatic carbocycles. The molecule has 0 aliphatic heterocycles. The Morgan fingerprint density at radius 1 is 1.57 bits per heavy atom. The van der Waals surface area contributed by atoms with Gasteiger partial charge in [-0.05, 0) is 5.92 Å². The minimum atomic E-state index is 0.642. The van der Waals surface area contributed by atoms with Crippen LogP contribution in [0.15, 0.2) is 12.2 Å². The van der Waals surface area contributed by atoms with E-state index < -0.39 is 0 Å². The Kier molecular flexibility index (Phi) is 3.71. The van der Waals surface area contributed by atoms with Crippen LogP contribution in [-0.4, -0.2) is 6.54 Å². The van der Waals surface area contributed by atoms with Crippen molar-refractivity contribution in [3.8, 4) is 0 Å². The number of hydrogen-bond acceptors (Lipinski definition) is 1. The van der Waals surface area contributed by atoms with Crippen LogP contribution < -0.4 is 5.73 Å². The van der Waals surface area contributed by atoms with Crippen LogP contribution in [0.4, 0.5) is 0 Å². The molecule has 0 unspecified atom stereocenters. The molecule has 0 spiro atoms. The van der Waals surface area contributed by atoms with Gasteiger partial charge in [-0.2, -0.15) is 0 Å². The first-order valence-electron chi connectivity index (χ1n) is 2.64. The maximum absolute atomic E-state index is 5.19. The largest absolute Gasteiger partial charge is 0.327 e. The zero-order valence-corrected chi connectivity index (χ0v) is 5.02. The van der Waals surface area contributed by atoms with E-state index in [4.69, 9.17) is 5.73 Å². The van der Waals surface area contributed by atoms with Crippen LogP contribution in [0.25, 0.3) is 0 Å². The Morgan fingerprint density at radius 3 is 2.29 bits per heavy atom. The number of allylic oxidation sites excluding steroid dienone is 1. The molecule has 42 valence electrons. The van der Waals surface area contributed by atoms with E-state index in [1.807, 2.05) is 6.08 Å². The molecular weight excluding hydrogens is 86.1 g/mol. The predicted molar refractivity (Wildman–Crippen MR) is 33.0 cm³/mol. The Labute approximate surface area is 45.2 Å². The van der Waals surface area contributed by atoms with Crippen molar-refractivity contribution in [3.05, 3.63) is 12.2 Å². The van der Waals surface area contributed by atoms with Crippen molar-refractivity contribution in [1.82, 2.24) is 0 Å². The average Bonchev–Trinajstić information content (AvgIpc) is 1.61. The van der Waals surface area contributed by atoms with Crippen molar-refractivity contribution in [1.29, 1.82) is 0 Å². The van der Waals surface area contributed by atoms with Gasteiger partial charge in [-0.1, -0.05) is 26.0 Å². The van der Waals surface area contributed by atoms with Crippen LogP contribution in [0, 0.1) is 5.92 Å². The van der Waals surface area contributed by atoms with Gasteiger partial charge in [-0.3, -0.25) is 0 Å². The predicted octanol–water partition coefficient (Wildman–Crippen LogP) is 1.16. The summed E-state index contributed by atoms with van der Waals surface area (Å²) < 4.78 is 0. The van der Waals surface area contributed by atoms with Crippen molar-refractivity contribution >= 4 is 0 Å².